The molecule has 1 saturated heterocycles. The van der Waals surface area contributed by atoms with Gasteiger partial charge in [0, 0.05) is 20.1 Å². The molecule has 1 aromatic heterocycles. The summed E-state index contributed by atoms with van der Waals surface area (Å²) in [5.41, 5.74) is 0. The molecule has 0 amide bonds. The first-order chi connectivity index (χ1) is 8.96. The van der Waals surface area contributed by atoms with Gasteiger partial charge in [0.05, 0.1) is 6.04 Å². The number of hydrogen-bond donors (Lipinski definition) is 0. The Bertz CT molecular complexity index is 602. The van der Waals surface area contributed by atoms with Crippen LogP contribution < -0.4 is 0 Å². The van der Waals surface area contributed by atoms with E-state index in [1.165, 1.54) is 22.1 Å². The number of aromatic nitrogens is 3. The molecule has 0 saturated carbocycles. The van der Waals surface area contributed by atoms with Gasteiger partial charge in [0.2, 0.25) is 11.1 Å². The number of aliphatic imine (C=N–C) groups is 1. The lowest BCUT2D eigenvalue weighted by atomic mass is 10.1. The number of nitrogens with zero attached hydrogens (tertiary/aromatic N) is 5. The van der Waals surface area contributed by atoms with E-state index in [0.717, 1.165) is 0 Å². The van der Waals surface area contributed by atoms with Gasteiger partial charge in [-0.15, -0.1) is 5.10 Å². The van der Waals surface area contributed by atoms with Crippen LogP contribution in [-0.2, 0) is 21.9 Å². The van der Waals surface area contributed by atoms with Gasteiger partial charge in [0.15, 0.2) is 4.60 Å². The highest BCUT2D eigenvalue weighted by Gasteiger charge is 2.34. The lowest BCUT2D eigenvalue weighted by molar-refractivity contribution is 0.314. The molecule has 2 heterocycles. The van der Waals surface area contributed by atoms with Crippen LogP contribution in [0.15, 0.2) is 14.6 Å². The van der Waals surface area contributed by atoms with Crippen LogP contribution in [0.25, 0.3) is 0 Å². The number of halogens is 1. The van der Waals surface area contributed by atoms with Gasteiger partial charge in [0.25, 0.3) is 10.0 Å². The van der Waals surface area contributed by atoms with Crippen molar-refractivity contribution in [1.29, 1.82) is 0 Å². The van der Waals surface area contributed by atoms with E-state index < -0.39 is 10.0 Å². The summed E-state index contributed by atoms with van der Waals surface area (Å²) in [5.74, 6) is 0. The van der Waals surface area contributed by atoms with Crippen LogP contribution in [0.2, 0.25) is 0 Å². The number of piperidine rings is 1. The van der Waals surface area contributed by atoms with Crippen LogP contribution in [0.5, 0.6) is 0 Å². The second-order valence-corrected chi connectivity index (χ2v) is 6.79. The molecule has 1 unspecified atom stereocenters. The van der Waals surface area contributed by atoms with E-state index in [-0.39, 0.29) is 22.2 Å². The van der Waals surface area contributed by atoms with Crippen molar-refractivity contribution < 1.29 is 13.2 Å². The van der Waals surface area contributed by atoms with Crippen molar-refractivity contribution in [2.24, 2.45) is 12.0 Å². The average Bonchev–Trinajstić information content (AvgIpc) is 2.70. The Hall–Kier alpha value is -1.09. The highest BCUT2D eigenvalue weighted by molar-refractivity contribution is 9.10. The highest BCUT2D eigenvalue weighted by Crippen LogP contribution is 2.25. The second-order valence-electron chi connectivity index (χ2n) is 4.19. The summed E-state index contributed by atoms with van der Waals surface area (Å²) in [6.45, 7) is 0.569. The van der Waals surface area contributed by atoms with Gasteiger partial charge in [-0.2, -0.15) is 4.31 Å². The van der Waals surface area contributed by atoms with Crippen LogP contribution >= 0.6 is 15.9 Å². The number of aryl methyl sites for hydroxylation is 1. The molecule has 0 aromatic carbocycles. The topological polar surface area (TPSA) is 97.5 Å². The fourth-order valence-corrected chi connectivity index (χ4v) is 4.59. The zero-order valence-electron chi connectivity index (χ0n) is 10.2. The van der Waals surface area contributed by atoms with Gasteiger partial charge in [-0.25, -0.2) is 22.9 Å². The van der Waals surface area contributed by atoms with E-state index in [0.29, 0.717) is 19.4 Å². The van der Waals surface area contributed by atoms with Crippen LogP contribution in [0.4, 0.5) is 0 Å². The third-order valence-electron chi connectivity index (χ3n) is 2.92. The van der Waals surface area contributed by atoms with Crippen LogP contribution in [-0.4, -0.2) is 52.9 Å². The highest BCUT2D eigenvalue weighted by atomic mass is 79.9. The van der Waals surface area contributed by atoms with E-state index in [1.54, 1.807) is 0 Å². The van der Waals surface area contributed by atoms with Gasteiger partial charge in [0.1, 0.15) is 0 Å². The van der Waals surface area contributed by atoms with E-state index in [1.807, 2.05) is 0 Å². The third-order valence-corrected chi connectivity index (χ3v) is 5.67. The summed E-state index contributed by atoms with van der Waals surface area (Å²) in [5, 5.41) is 7.33. The number of carbonyl (C=O) groups excluding carboxylic acids is 1. The Morgan fingerprint density at radius 3 is 2.84 bits per heavy atom. The minimum absolute atomic E-state index is 0.00299. The van der Waals surface area contributed by atoms with Crippen LogP contribution in [0.1, 0.15) is 12.8 Å². The van der Waals surface area contributed by atoms with Gasteiger partial charge >= 0.3 is 0 Å². The Kier molecular flexibility index (Phi) is 4.14. The molecule has 1 aromatic rings. The largest absolute Gasteiger partial charge is 0.263 e. The molecule has 0 spiro atoms. The van der Waals surface area contributed by atoms with E-state index >= 15 is 0 Å². The molecule has 0 N–H and O–H groups in total. The first kappa shape index (κ1) is 14.3. The molecule has 1 aliphatic rings. The summed E-state index contributed by atoms with van der Waals surface area (Å²) in [4.78, 5) is 13.9. The maximum Gasteiger partial charge on any atom is 0.263 e. The lowest BCUT2D eigenvalue weighted by Gasteiger charge is -2.28. The molecule has 8 nitrogen and oxygen atoms in total. The molecule has 2 rings (SSSR count). The predicted octanol–water partition coefficient (Wildman–Crippen LogP) is 0.0665. The molecule has 104 valence electrons. The molecule has 1 atom stereocenters. The first-order valence-electron chi connectivity index (χ1n) is 5.59. The number of hydrogen-bond acceptors (Lipinski definition) is 6. The fourth-order valence-electron chi connectivity index (χ4n) is 2.04. The summed E-state index contributed by atoms with van der Waals surface area (Å²) in [7, 11) is -2.19. The normalized spacial score (nSPS) is 21.1. The van der Waals surface area contributed by atoms with Gasteiger partial charge < -0.3 is 0 Å². The molecular formula is C9H12BrN5O3S. The average molecular weight is 350 g/mol. The molecule has 0 aliphatic carbocycles. The molecule has 1 fully saturated rings. The third kappa shape index (κ3) is 2.76. The summed E-state index contributed by atoms with van der Waals surface area (Å²) >= 11 is 3.08. The smallest absolute Gasteiger partial charge is 0.235 e. The Labute approximate surface area is 118 Å². The molecule has 19 heavy (non-hydrogen) atoms. The van der Waals surface area contributed by atoms with Gasteiger partial charge in [-0.3, -0.25) is 0 Å². The van der Waals surface area contributed by atoms with Crippen LogP contribution in [0, 0.1) is 0 Å². The Morgan fingerprint density at radius 2 is 2.26 bits per heavy atom. The monoisotopic (exact) mass is 349 g/mol. The van der Waals surface area contributed by atoms with Crippen molar-refractivity contribution in [3.63, 3.8) is 0 Å². The zero-order valence-corrected chi connectivity index (χ0v) is 12.6. The first-order valence-corrected chi connectivity index (χ1v) is 7.82. The quantitative estimate of drug-likeness (QED) is 0.567. The summed E-state index contributed by atoms with van der Waals surface area (Å²) in [6.07, 6.45) is 2.82. The standard InChI is InChI=1S/C9H12BrN5O3S/c1-14-9(8(10)12-13-14)19(17,18)15-4-2-3-7(5-15)11-6-16/h7H,2-5H2,1H3. The van der Waals surface area contributed by atoms with Crippen LogP contribution in [0.3, 0.4) is 0 Å². The van der Waals surface area contributed by atoms with Crippen molar-refractivity contribution in [2.75, 3.05) is 13.1 Å². The maximum absolute atomic E-state index is 12.5. The van der Waals surface area contributed by atoms with E-state index in [4.69, 9.17) is 0 Å². The summed E-state index contributed by atoms with van der Waals surface area (Å²) < 4.78 is 27.7. The predicted molar refractivity (Wildman–Crippen MR) is 68.6 cm³/mol. The summed E-state index contributed by atoms with van der Waals surface area (Å²) in [6, 6.07) is -0.332. The lowest BCUT2D eigenvalue weighted by Crippen LogP contribution is -2.42. The van der Waals surface area contributed by atoms with E-state index in [9.17, 15) is 13.2 Å². The number of rotatable bonds is 3. The van der Waals surface area contributed by atoms with Crippen molar-refractivity contribution >= 4 is 32.0 Å². The van der Waals surface area contributed by atoms with Crippen molar-refractivity contribution in [3.8, 4) is 0 Å². The van der Waals surface area contributed by atoms with Crippen molar-refractivity contribution in [3.05, 3.63) is 4.60 Å². The maximum atomic E-state index is 12.5. The molecule has 0 radical (unpaired) electrons. The fraction of sp³-hybridized carbons (Fsp3) is 0.667. The van der Waals surface area contributed by atoms with E-state index in [2.05, 4.69) is 31.2 Å². The SMILES string of the molecule is Cn1nnc(Br)c1S(=O)(=O)N1CCCC(N=C=O)C1. The number of sulfonamides is 1. The molecule has 10 heteroatoms. The van der Waals surface area contributed by atoms with Gasteiger partial charge in [-0.05, 0) is 28.8 Å². The Balaban J connectivity index is 2.32. The molecule has 0 bridgehead atoms. The minimum atomic E-state index is -3.70. The Morgan fingerprint density at radius 1 is 1.53 bits per heavy atom. The van der Waals surface area contributed by atoms with Crippen molar-refractivity contribution in [1.82, 2.24) is 19.3 Å². The minimum Gasteiger partial charge on any atom is -0.235 e. The van der Waals surface area contributed by atoms with Crippen molar-refractivity contribution in [2.45, 2.75) is 23.9 Å². The molecular weight excluding hydrogens is 338 g/mol. The second kappa shape index (κ2) is 5.49. The zero-order chi connectivity index (χ0) is 14.0. The van der Waals surface area contributed by atoms with Gasteiger partial charge in [-0.1, -0.05) is 5.21 Å². The number of isocyanates is 1. The molecule has 1 aliphatic heterocycles.